The number of esters is 1. The minimum atomic E-state index is -0.559. The van der Waals surface area contributed by atoms with Crippen LogP contribution in [0.2, 0.25) is 10.0 Å². The van der Waals surface area contributed by atoms with Gasteiger partial charge in [0.15, 0.2) is 5.76 Å². The first-order valence-electron chi connectivity index (χ1n) is 8.85. The van der Waals surface area contributed by atoms with Crippen LogP contribution in [0.25, 0.3) is 6.08 Å². The maximum atomic E-state index is 12.6. The van der Waals surface area contributed by atoms with E-state index in [1.807, 2.05) is 0 Å². The van der Waals surface area contributed by atoms with Crippen LogP contribution in [0.15, 0.2) is 66.4 Å². The summed E-state index contributed by atoms with van der Waals surface area (Å²) in [6, 6.07) is 16.2. The molecule has 0 saturated carbocycles. The van der Waals surface area contributed by atoms with Crippen LogP contribution in [0, 0.1) is 0 Å². The number of fused-ring (bicyclic) bond motifs is 1. The molecule has 0 radical (unpaired) electrons. The van der Waals surface area contributed by atoms with Gasteiger partial charge in [-0.1, -0.05) is 35.3 Å². The molecular formula is C23H14Cl2O5. The van der Waals surface area contributed by atoms with Gasteiger partial charge in [-0.2, -0.15) is 0 Å². The lowest BCUT2D eigenvalue weighted by molar-refractivity contribution is 0.0734. The zero-order chi connectivity index (χ0) is 21.3. The monoisotopic (exact) mass is 440 g/mol. The highest BCUT2D eigenvalue weighted by atomic mass is 35.5. The standard InChI is InChI=1S/C23H14Cl2O5/c1-28-14-5-2-4-13(10-14)23(27)29-15-8-9-16-20(11-15)30-21(22(16)26)12-17-18(24)6-3-7-19(17)25/h2-12H,1H3. The molecular weight excluding hydrogens is 427 g/mol. The van der Waals surface area contributed by atoms with Crippen molar-refractivity contribution >= 4 is 41.0 Å². The summed E-state index contributed by atoms with van der Waals surface area (Å²) in [5.41, 5.74) is 1.17. The fourth-order valence-corrected chi connectivity index (χ4v) is 3.43. The first-order valence-corrected chi connectivity index (χ1v) is 9.60. The predicted octanol–water partition coefficient (Wildman–Crippen LogP) is 5.84. The van der Waals surface area contributed by atoms with Crippen molar-refractivity contribution < 1.29 is 23.8 Å². The van der Waals surface area contributed by atoms with Crippen molar-refractivity contribution in [2.24, 2.45) is 0 Å². The number of allylic oxidation sites excluding steroid dienone is 1. The van der Waals surface area contributed by atoms with Gasteiger partial charge in [0.25, 0.3) is 0 Å². The average Bonchev–Trinajstić information content (AvgIpc) is 3.05. The molecule has 0 fully saturated rings. The second kappa shape index (κ2) is 8.22. The van der Waals surface area contributed by atoms with Gasteiger partial charge in [-0.15, -0.1) is 0 Å². The molecule has 4 rings (SSSR count). The molecule has 0 N–H and O–H groups in total. The number of hydrogen-bond donors (Lipinski definition) is 0. The third-order valence-corrected chi connectivity index (χ3v) is 5.09. The molecule has 3 aromatic rings. The molecule has 0 bridgehead atoms. The zero-order valence-electron chi connectivity index (χ0n) is 15.6. The van der Waals surface area contributed by atoms with Gasteiger partial charge in [-0.25, -0.2) is 4.79 Å². The molecule has 1 heterocycles. The minimum absolute atomic E-state index is 0.0799. The molecule has 1 aliphatic heterocycles. The van der Waals surface area contributed by atoms with Gasteiger partial charge in [0.05, 0.1) is 18.2 Å². The van der Waals surface area contributed by atoms with Crippen LogP contribution in [-0.2, 0) is 0 Å². The number of ether oxygens (including phenoxy) is 3. The molecule has 3 aromatic carbocycles. The van der Waals surface area contributed by atoms with E-state index >= 15 is 0 Å². The molecule has 0 aromatic heterocycles. The molecule has 7 heteroatoms. The maximum Gasteiger partial charge on any atom is 0.343 e. The normalized spacial score (nSPS) is 13.7. The van der Waals surface area contributed by atoms with Gasteiger partial charge in [-0.3, -0.25) is 4.79 Å². The van der Waals surface area contributed by atoms with Crippen molar-refractivity contribution in [3.05, 3.63) is 93.2 Å². The van der Waals surface area contributed by atoms with E-state index in [9.17, 15) is 9.59 Å². The third-order valence-electron chi connectivity index (χ3n) is 4.43. The summed E-state index contributed by atoms with van der Waals surface area (Å²) >= 11 is 12.3. The highest BCUT2D eigenvalue weighted by Crippen LogP contribution is 2.36. The molecule has 5 nitrogen and oxygen atoms in total. The number of benzene rings is 3. The van der Waals surface area contributed by atoms with Crippen molar-refractivity contribution in [1.82, 2.24) is 0 Å². The van der Waals surface area contributed by atoms with Gasteiger partial charge in [0, 0.05) is 21.7 Å². The molecule has 0 aliphatic carbocycles. The van der Waals surface area contributed by atoms with Crippen LogP contribution in [-0.4, -0.2) is 18.9 Å². The van der Waals surface area contributed by atoms with E-state index in [0.29, 0.717) is 32.5 Å². The Hall–Kier alpha value is -3.28. The summed E-state index contributed by atoms with van der Waals surface area (Å²) in [7, 11) is 1.51. The second-order valence-corrected chi connectivity index (χ2v) is 7.17. The molecule has 0 saturated heterocycles. The fourth-order valence-electron chi connectivity index (χ4n) is 2.93. The molecule has 1 aliphatic rings. The van der Waals surface area contributed by atoms with Crippen molar-refractivity contribution in [3.8, 4) is 17.2 Å². The predicted molar refractivity (Wildman–Crippen MR) is 114 cm³/mol. The average molecular weight is 441 g/mol. The lowest BCUT2D eigenvalue weighted by Crippen LogP contribution is -2.08. The van der Waals surface area contributed by atoms with Crippen LogP contribution in [0.3, 0.4) is 0 Å². The first-order chi connectivity index (χ1) is 14.5. The quantitative estimate of drug-likeness (QED) is 0.289. The number of carbonyl (C=O) groups is 2. The number of Topliss-reactive ketones (excluding diaryl/α,β-unsaturated/α-hetero) is 1. The van der Waals surface area contributed by atoms with Crippen LogP contribution in [0.4, 0.5) is 0 Å². The van der Waals surface area contributed by atoms with Gasteiger partial charge < -0.3 is 14.2 Å². The zero-order valence-corrected chi connectivity index (χ0v) is 17.2. The Balaban J connectivity index is 1.58. The first kappa shape index (κ1) is 20.0. The van der Waals surface area contributed by atoms with Gasteiger partial charge >= 0.3 is 5.97 Å². The summed E-state index contributed by atoms with van der Waals surface area (Å²) in [6.07, 6.45) is 1.49. The van der Waals surface area contributed by atoms with Crippen LogP contribution < -0.4 is 14.2 Å². The third kappa shape index (κ3) is 3.90. The number of halogens is 2. The van der Waals surface area contributed by atoms with Crippen molar-refractivity contribution in [2.45, 2.75) is 0 Å². The lowest BCUT2D eigenvalue weighted by Gasteiger charge is -2.07. The molecule has 0 unspecified atom stereocenters. The highest BCUT2D eigenvalue weighted by molar-refractivity contribution is 6.37. The summed E-state index contributed by atoms with van der Waals surface area (Å²) < 4.78 is 16.2. The number of ketones is 1. The summed E-state index contributed by atoms with van der Waals surface area (Å²) in [6.45, 7) is 0. The van der Waals surface area contributed by atoms with E-state index < -0.39 is 5.97 Å². The molecule has 0 spiro atoms. The van der Waals surface area contributed by atoms with Crippen molar-refractivity contribution in [2.75, 3.05) is 7.11 Å². The van der Waals surface area contributed by atoms with E-state index in [-0.39, 0.29) is 23.0 Å². The molecule has 150 valence electrons. The summed E-state index contributed by atoms with van der Waals surface area (Å²) in [4.78, 5) is 25.0. The molecule has 30 heavy (non-hydrogen) atoms. The Bertz CT molecular complexity index is 1180. The smallest absolute Gasteiger partial charge is 0.343 e. The van der Waals surface area contributed by atoms with Gasteiger partial charge in [-0.05, 0) is 48.5 Å². The molecule has 0 amide bonds. The minimum Gasteiger partial charge on any atom is -0.497 e. The Morgan fingerprint density at radius 2 is 1.70 bits per heavy atom. The van der Waals surface area contributed by atoms with Crippen LogP contribution in [0.1, 0.15) is 26.3 Å². The van der Waals surface area contributed by atoms with Crippen molar-refractivity contribution in [1.29, 1.82) is 0 Å². The Kier molecular flexibility index (Phi) is 5.48. The topological polar surface area (TPSA) is 61.8 Å². The van der Waals surface area contributed by atoms with E-state index in [0.717, 1.165) is 0 Å². The van der Waals surface area contributed by atoms with E-state index in [1.54, 1.807) is 48.5 Å². The number of methoxy groups -OCH3 is 1. The number of carbonyl (C=O) groups excluding carboxylic acids is 2. The van der Waals surface area contributed by atoms with Gasteiger partial charge in [0.1, 0.15) is 17.2 Å². The van der Waals surface area contributed by atoms with Gasteiger partial charge in [0.2, 0.25) is 5.78 Å². The number of hydrogen-bond acceptors (Lipinski definition) is 5. The second-order valence-electron chi connectivity index (χ2n) is 6.35. The van der Waals surface area contributed by atoms with Crippen molar-refractivity contribution in [3.63, 3.8) is 0 Å². The summed E-state index contributed by atoms with van der Waals surface area (Å²) in [5.74, 6) is 0.275. The van der Waals surface area contributed by atoms with E-state index in [2.05, 4.69) is 0 Å². The van der Waals surface area contributed by atoms with Crippen LogP contribution in [0.5, 0.6) is 17.2 Å². The van der Waals surface area contributed by atoms with E-state index in [1.165, 1.54) is 25.3 Å². The Labute approximate surface area is 182 Å². The highest BCUT2D eigenvalue weighted by Gasteiger charge is 2.28. The van der Waals surface area contributed by atoms with E-state index in [4.69, 9.17) is 37.4 Å². The van der Waals surface area contributed by atoms with Crippen LogP contribution >= 0.6 is 23.2 Å². The number of rotatable bonds is 4. The maximum absolute atomic E-state index is 12.6. The summed E-state index contributed by atoms with van der Waals surface area (Å²) in [5, 5.41) is 0.797. The lowest BCUT2D eigenvalue weighted by atomic mass is 10.1. The molecule has 0 atom stereocenters. The largest absolute Gasteiger partial charge is 0.497 e. The fraction of sp³-hybridized carbons (Fsp3) is 0.0435. The Morgan fingerprint density at radius 1 is 0.967 bits per heavy atom. The Morgan fingerprint density at radius 3 is 2.43 bits per heavy atom. The SMILES string of the molecule is COc1cccc(C(=O)Oc2ccc3c(c2)OC(=Cc2c(Cl)cccc2Cl)C3=O)c1.